The topological polar surface area (TPSA) is 114 Å². The number of amides is 2. The molecule has 0 unspecified atom stereocenters. The molecule has 2 heterocycles. The zero-order chi connectivity index (χ0) is 23.6. The van der Waals surface area contributed by atoms with E-state index >= 15 is 0 Å². The Morgan fingerprint density at radius 1 is 1.21 bits per heavy atom. The molecule has 1 aromatic heterocycles. The van der Waals surface area contributed by atoms with Crippen molar-refractivity contribution in [3.8, 4) is 11.5 Å². The van der Waals surface area contributed by atoms with Crippen molar-refractivity contribution in [3.63, 3.8) is 0 Å². The highest BCUT2D eigenvalue weighted by molar-refractivity contribution is 5.92. The molecule has 3 aromatic rings. The van der Waals surface area contributed by atoms with Gasteiger partial charge in [0, 0.05) is 13.0 Å². The summed E-state index contributed by atoms with van der Waals surface area (Å²) in [4.78, 5) is 41.9. The number of rotatable bonds is 5. The van der Waals surface area contributed by atoms with Crippen LogP contribution in [0.4, 0.5) is 19.3 Å². The van der Waals surface area contributed by atoms with Crippen LogP contribution in [0.25, 0.3) is 10.9 Å². The van der Waals surface area contributed by atoms with E-state index in [9.17, 15) is 23.2 Å². The van der Waals surface area contributed by atoms with Crippen molar-refractivity contribution in [1.29, 1.82) is 0 Å². The SMILES string of the molecule is O=C(O)Nc1cc2ncn(CC(=O)N3CCCC(F)(F)C3)c(=O)c2cc1Oc1ccccc1. The molecular formula is C22H20F2N4O5. The van der Waals surface area contributed by atoms with E-state index in [0.29, 0.717) is 5.75 Å². The number of carbonyl (C=O) groups excluding carboxylic acids is 1. The van der Waals surface area contributed by atoms with Crippen LogP contribution in [0.2, 0.25) is 0 Å². The lowest BCUT2D eigenvalue weighted by atomic mass is 10.1. The molecule has 0 aliphatic carbocycles. The van der Waals surface area contributed by atoms with Gasteiger partial charge in [0.15, 0.2) is 5.75 Å². The highest BCUT2D eigenvalue weighted by Gasteiger charge is 2.37. The van der Waals surface area contributed by atoms with Crippen LogP contribution in [0.5, 0.6) is 11.5 Å². The third-order valence-electron chi connectivity index (χ3n) is 5.19. The fraction of sp³-hybridized carbons (Fsp3) is 0.273. The van der Waals surface area contributed by atoms with Gasteiger partial charge in [-0.3, -0.25) is 19.5 Å². The highest BCUT2D eigenvalue weighted by atomic mass is 19.3. The Morgan fingerprint density at radius 3 is 2.67 bits per heavy atom. The van der Waals surface area contributed by atoms with Crippen LogP contribution in [0.1, 0.15) is 12.8 Å². The van der Waals surface area contributed by atoms with E-state index in [1.807, 2.05) is 0 Å². The van der Waals surface area contributed by atoms with Gasteiger partial charge in [0.1, 0.15) is 12.3 Å². The van der Waals surface area contributed by atoms with E-state index in [4.69, 9.17) is 9.84 Å². The average molecular weight is 458 g/mol. The first-order valence-corrected chi connectivity index (χ1v) is 10.1. The first-order valence-electron chi connectivity index (χ1n) is 10.1. The molecule has 0 bridgehead atoms. The first kappa shape index (κ1) is 22.2. The minimum absolute atomic E-state index is 0.0646. The van der Waals surface area contributed by atoms with Crippen LogP contribution in [0, 0.1) is 0 Å². The summed E-state index contributed by atoms with van der Waals surface area (Å²) < 4.78 is 34.1. The number of fused-ring (bicyclic) bond motifs is 1. The van der Waals surface area contributed by atoms with Gasteiger partial charge < -0.3 is 14.7 Å². The van der Waals surface area contributed by atoms with Crippen LogP contribution >= 0.6 is 0 Å². The number of anilines is 1. The maximum absolute atomic E-state index is 13.7. The molecule has 1 saturated heterocycles. The van der Waals surface area contributed by atoms with Crippen LogP contribution in [0.15, 0.2) is 53.6 Å². The molecule has 1 aliphatic heterocycles. The van der Waals surface area contributed by atoms with E-state index < -0.39 is 36.6 Å². The lowest BCUT2D eigenvalue weighted by Crippen LogP contribution is -2.47. The quantitative estimate of drug-likeness (QED) is 0.605. The largest absolute Gasteiger partial charge is 0.465 e. The van der Waals surface area contributed by atoms with Crippen molar-refractivity contribution in [2.75, 3.05) is 18.4 Å². The van der Waals surface area contributed by atoms with Gasteiger partial charge in [-0.15, -0.1) is 0 Å². The molecule has 11 heteroatoms. The molecule has 1 fully saturated rings. The van der Waals surface area contributed by atoms with Gasteiger partial charge in [0.05, 0.1) is 29.5 Å². The third kappa shape index (κ3) is 5.08. The molecule has 4 rings (SSSR count). The number of ether oxygens (including phenoxy) is 1. The van der Waals surface area contributed by atoms with E-state index in [2.05, 4.69) is 10.3 Å². The van der Waals surface area contributed by atoms with E-state index in [1.54, 1.807) is 30.3 Å². The van der Waals surface area contributed by atoms with Crippen molar-refractivity contribution < 1.29 is 28.2 Å². The van der Waals surface area contributed by atoms with Gasteiger partial charge in [0.2, 0.25) is 5.91 Å². The fourth-order valence-corrected chi connectivity index (χ4v) is 3.64. The normalized spacial score (nSPS) is 15.3. The summed E-state index contributed by atoms with van der Waals surface area (Å²) in [6.45, 7) is -0.924. The number of hydrogen-bond donors (Lipinski definition) is 2. The van der Waals surface area contributed by atoms with E-state index in [0.717, 1.165) is 15.8 Å². The maximum atomic E-state index is 13.7. The van der Waals surface area contributed by atoms with Gasteiger partial charge in [-0.25, -0.2) is 18.6 Å². The van der Waals surface area contributed by atoms with Crippen molar-refractivity contribution in [2.24, 2.45) is 0 Å². The van der Waals surface area contributed by atoms with Crippen LogP contribution in [0.3, 0.4) is 0 Å². The summed E-state index contributed by atoms with van der Waals surface area (Å²) >= 11 is 0. The number of carboxylic acid groups (broad SMARTS) is 1. The van der Waals surface area contributed by atoms with Crippen molar-refractivity contribution in [2.45, 2.75) is 25.3 Å². The van der Waals surface area contributed by atoms with Gasteiger partial charge in [-0.1, -0.05) is 18.2 Å². The molecular weight excluding hydrogens is 438 g/mol. The Kier molecular flexibility index (Phi) is 5.95. The zero-order valence-electron chi connectivity index (χ0n) is 17.3. The fourth-order valence-electron chi connectivity index (χ4n) is 3.64. The van der Waals surface area contributed by atoms with Gasteiger partial charge >= 0.3 is 6.09 Å². The predicted octanol–water partition coefficient (Wildman–Crippen LogP) is 3.54. The highest BCUT2D eigenvalue weighted by Crippen LogP contribution is 2.32. The number of nitrogens with one attached hydrogen (secondary N) is 1. The minimum atomic E-state index is -2.95. The number of para-hydroxylation sites is 1. The summed E-state index contributed by atoms with van der Waals surface area (Å²) in [6.07, 6.45) is -0.286. The Hall–Kier alpha value is -4.02. The molecule has 9 nitrogen and oxygen atoms in total. The molecule has 0 spiro atoms. The number of aromatic nitrogens is 2. The molecule has 0 atom stereocenters. The number of carbonyl (C=O) groups is 2. The molecule has 33 heavy (non-hydrogen) atoms. The van der Waals surface area contributed by atoms with Crippen molar-refractivity contribution in [1.82, 2.24) is 14.5 Å². The van der Waals surface area contributed by atoms with Crippen LogP contribution < -0.4 is 15.6 Å². The minimum Gasteiger partial charge on any atom is -0.465 e. The summed E-state index contributed by atoms with van der Waals surface area (Å²) in [5.74, 6) is -3.08. The Balaban J connectivity index is 1.67. The summed E-state index contributed by atoms with van der Waals surface area (Å²) in [7, 11) is 0. The second kappa shape index (κ2) is 8.85. The number of piperidine rings is 1. The molecule has 1 aliphatic rings. The number of nitrogens with zero attached hydrogens (tertiary/aromatic N) is 3. The second-order valence-electron chi connectivity index (χ2n) is 7.66. The molecule has 2 amide bonds. The summed E-state index contributed by atoms with van der Waals surface area (Å²) in [5.41, 5.74) is -0.329. The molecule has 2 N–H and O–H groups in total. The molecule has 0 saturated carbocycles. The van der Waals surface area contributed by atoms with E-state index in [1.165, 1.54) is 12.1 Å². The monoisotopic (exact) mass is 458 g/mol. The first-order chi connectivity index (χ1) is 15.7. The summed E-state index contributed by atoms with van der Waals surface area (Å²) in [6, 6.07) is 11.2. The predicted molar refractivity (Wildman–Crippen MR) is 115 cm³/mol. The second-order valence-corrected chi connectivity index (χ2v) is 7.66. The van der Waals surface area contributed by atoms with Crippen molar-refractivity contribution in [3.05, 3.63) is 59.1 Å². The maximum Gasteiger partial charge on any atom is 0.409 e. The lowest BCUT2D eigenvalue weighted by molar-refractivity contribution is -0.142. The number of hydrogen-bond acceptors (Lipinski definition) is 5. The third-order valence-corrected chi connectivity index (χ3v) is 5.19. The van der Waals surface area contributed by atoms with Gasteiger partial charge in [-0.05, 0) is 30.7 Å². The molecule has 0 radical (unpaired) electrons. The average Bonchev–Trinajstić information content (AvgIpc) is 2.76. The Morgan fingerprint density at radius 2 is 1.97 bits per heavy atom. The van der Waals surface area contributed by atoms with Gasteiger partial charge in [0.25, 0.3) is 11.5 Å². The number of likely N-dealkylation sites (tertiary alicyclic amines) is 1. The smallest absolute Gasteiger partial charge is 0.409 e. The Labute approximate surface area is 186 Å². The van der Waals surface area contributed by atoms with Gasteiger partial charge in [-0.2, -0.15) is 0 Å². The lowest BCUT2D eigenvalue weighted by Gasteiger charge is -2.32. The molecule has 2 aromatic carbocycles. The number of alkyl halides is 2. The molecule has 172 valence electrons. The van der Waals surface area contributed by atoms with E-state index in [-0.39, 0.29) is 41.7 Å². The number of benzene rings is 2. The summed E-state index contributed by atoms with van der Waals surface area (Å²) in [5, 5.41) is 11.4. The zero-order valence-corrected chi connectivity index (χ0v) is 17.3. The number of halogens is 2. The standard InChI is InChI=1S/C22H20F2N4O5/c23-22(24)7-4-8-27(12-22)19(29)11-28-13-25-16-10-17(26-21(31)32)18(9-15(16)20(28)30)33-14-5-2-1-3-6-14/h1-3,5-6,9-10,13,26H,4,7-8,11-12H2,(H,31,32). The van der Waals surface area contributed by atoms with Crippen LogP contribution in [-0.4, -0.2) is 50.6 Å². The van der Waals surface area contributed by atoms with Crippen molar-refractivity contribution >= 4 is 28.6 Å². The Bertz CT molecular complexity index is 1260. The van der Waals surface area contributed by atoms with Crippen LogP contribution in [-0.2, 0) is 11.3 Å².